The van der Waals surface area contributed by atoms with Crippen molar-refractivity contribution >= 4 is 11.7 Å². The highest BCUT2D eigenvalue weighted by Crippen LogP contribution is 2.24. The summed E-state index contributed by atoms with van der Waals surface area (Å²) in [5, 5.41) is 11.6. The van der Waals surface area contributed by atoms with E-state index in [2.05, 4.69) is 25.4 Å². The molecule has 1 N–H and O–H groups in total. The van der Waals surface area contributed by atoms with Crippen LogP contribution in [-0.4, -0.2) is 40.7 Å². The molecule has 7 heteroatoms. The molecule has 1 amide bonds. The fourth-order valence-corrected chi connectivity index (χ4v) is 3.25. The number of rotatable bonds is 5. The molecule has 4 rings (SSSR count). The quantitative estimate of drug-likeness (QED) is 0.750. The standard InChI is InChI=1S/C20H21N5O2/c1-13-9-17(14(2)27-13)20(26)22-10-15-11-25(12-15)19-4-3-18(23-24-19)16-5-7-21-8-6-16/h3-9,15H,10-12H2,1-2H3,(H,22,26). The average molecular weight is 363 g/mol. The Morgan fingerprint density at radius 1 is 1.19 bits per heavy atom. The molecule has 1 fully saturated rings. The first-order valence-corrected chi connectivity index (χ1v) is 8.94. The molecule has 3 aromatic rings. The number of nitrogens with zero attached hydrogens (tertiary/aromatic N) is 4. The third-order valence-corrected chi connectivity index (χ3v) is 4.74. The van der Waals surface area contributed by atoms with Gasteiger partial charge in [-0.05, 0) is 44.2 Å². The van der Waals surface area contributed by atoms with Gasteiger partial charge < -0.3 is 14.6 Å². The van der Waals surface area contributed by atoms with Gasteiger partial charge in [-0.25, -0.2) is 0 Å². The highest BCUT2D eigenvalue weighted by atomic mass is 16.3. The molecule has 0 atom stereocenters. The number of aromatic nitrogens is 3. The molecule has 7 nitrogen and oxygen atoms in total. The van der Waals surface area contributed by atoms with Crippen LogP contribution >= 0.6 is 0 Å². The van der Waals surface area contributed by atoms with Crippen LogP contribution in [0.3, 0.4) is 0 Å². The van der Waals surface area contributed by atoms with Crippen LogP contribution in [0.2, 0.25) is 0 Å². The summed E-state index contributed by atoms with van der Waals surface area (Å²) >= 11 is 0. The molecule has 0 spiro atoms. The van der Waals surface area contributed by atoms with E-state index in [1.807, 2.05) is 31.2 Å². The van der Waals surface area contributed by atoms with Crippen LogP contribution in [0.25, 0.3) is 11.3 Å². The molecule has 0 radical (unpaired) electrons. The second kappa shape index (κ2) is 7.19. The second-order valence-corrected chi connectivity index (χ2v) is 6.82. The van der Waals surface area contributed by atoms with Crippen LogP contribution in [0.1, 0.15) is 21.9 Å². The van der Waals surface area contributed by atoms with E-state index in [9.17, 15) is 4.79 Å². The van der Waals surface area contributed by atoms with Crippen molar-refractivity contribution in [3.05, 3.63) is 59.8 Å². The first-order chi connectivity index (χ1) is 13.1. The Hall–Kier alpha value is -3.22. The first-order valence-electron chi connectivity index (χ1n) is 8.94. The summed E-state index contributed by atoms with van der Waals surface area (Å²) in [6, 6.07) is 9.55. The number of furan rings is 1. The van der Waals surface area contributed by atoms with Crippen molar-refractivity contribution in [2.75, 3.05) is 24.5 Å². The van der Waals surface area contributed by atoms with Crippen LogP contribution < -0.4 is 10.2 Å². The molecule has 4 heterocycles. The van der Waals surface area contributed by atoms with Crippen molar-refractivity contribution in [2.24, 2.45) is 5.92 Å². The summed E-state index contributed by atoms with van der Waals surface area (Å²) in [6.45, 7) is 6.00. The predicted molar refractivity (Wildman–Crippen MR) is 101 cm³/mol. The third-order valence-electron chi connectivity index (χ3n) is 4.74. The minimum atomic E-state index is -0.0794. The lowest BCUT2D eigenvalue weighted by atomic mass is 10.00. The molecule has 1 aliphatic rings. The van der Waals surface area contributed by atoms with Gasteiger partial charge >= 0.3 is 0 Å². The molecule has 3 aromatic heterocycles. The van der Waals surface area contributed by atoms with Gasteiger partial charge in [0.2, 0.25) is 0 Å². The van der Waals surface area contributed by atoms with Crippen LogP contribution in [0.15, 0.2) is 47.1 Å². The molecule has 138 valence electrons. The van der Waals surface area contributed by atoms with E-state index in [0.29, 0.717) is 23.8 Å². The van der Waals surface area contributed by atoms with Gasteiger partial charge in [0.25, 0.3) is 5.91 Å². The first kappa shape index (κ1) is 17.2. The van der Waals surface area contributed by atoms with Gasteiger partial charge in [-0.3, -0.25) is 9.78 Å². The number of pyridine rings is 1. The highest BCUT2D eigenvalue weighted by molar-refractivity contribution is 5.95. The number of amides is 1. The van der Waals surface area contributed by atoms with Crippen molar-refractivity contribution < 1.29 is 9.21 Å². The minimum Gasteiger partial charge on any atom is -0.466 e. The van der Waals surface area contributed by atoms with E-state index >= 15 is 0 Å². The zero-order valence-corrected chi connectivity index (χ0v) is 15.3. The fraction of sp³-hybridized carbons (Fsp3) is 0.300. The smallest absolute Gasteiger partial charge is 0.254 e. The maximum absolute atomic E-state index is 12.2. The Kier molecular flexibility index (Phi) is 4.58. The largest absolute Gasteiger partial charge is 0.466 e. The molecular weight excluding hydrogens is 342 g/mol. The van der Waals surface area contributed by atoms with Gasteiger partial charge in [0.05, 0.1) is 11.3 Å². The van der Waals surface area contributed by atoms with E-state index in [-0.39, 0.29) is 5.91 Å². The number of anilines is 1. The number of nitrogens with one attached hydrogen (secondary N) is 1. The van der Waals surface area contributed by atoms with E-state index < -0.39 is 0 Å². The van der Waals surface area contributed by atoms with Crippen molar-refractivity contribution in [3.63, 3.8) is 0 Å². The van der Waals surface area contributed by atoms with Gasteiger partial charge in [-0.2, -0.15) is 0 Å². The summed E-state index contributed by atoms with van der Waals surface area (Å²) in [5.41, 5.74) is 2.44. The Labute approximate surface area is 157 Å². The SMILES string of the molecule is Cc1cc(C(=O)NCC2CN(c3ccc(-c4ccncc4)nn3)C2)c(C)o1. The van der Waals surface area contributed by atoms with E-state index in [1.54, 1.807) is 25.4 Å². The van der Waals surface area contributed by atoms with Gasteiger partial charge in [-0.15, -0.1) is 10.2 Å². The average Bonchev–Trinajstić information content (AvgIpc) is 3.00. The highest BCUT2D eigenvalue weighted by Gasteiger charge is 2.28. The number of hydrogen-bond acceptors (Lipinski definition) is 6. The van der Waals surface area contributed by atoms with Crippen LogP contribution in [0.5, 0.6) is 0 Å². The van der Waals surface area contributed by atoms with E-state index in [0.717, 1.165) is 35.9 Å². The van der Waals surface area contributed by atoms with Crippen molar-refractivity contribution in [3.8, 4) is 11.3 Å². The van der Waals surface area contributed by atoms with Gasteiger partial charge in [0.15, 0.2) is 5.82 Å². The molecule has 1 saturated heterocycles. The Morgan fingerprint density at radius 2 is 1.96 bits per heavy atom. The van der Waals surface area contributed by atoms with E-state index in [1.165, 1.54) is 0 Å². The molecule has 0 bridgehead atoms. The molecule has 0 saturated carbocycles. The van der Waals surface area contributed by atoms with Crippen LogP contribution in [-0.2, 0) is 0 Å². The van der Waals surface area contributed by atoms with Gasteiger partial charge in [-0.1, -0.05) is 0 Å². The minimum absolute atomic E-state index is 0.0794. The lowest BCUT2D eigenvalue weighted by Gasteiger charge is -2.39. The zero-order valence-electron chi connectivity index (χ0n) is 15.3. The lowest BCUT2D eigenvalue weighted by Crippen LogP contribution is -2.51. The topological polar surface area (TPSA) is 84.2 Å². The number of carbonyl (C=O) groups excluding carboxylic acids is 1. The summed E-state index contributed by atoms with van der Waals surface area (Å²) in [5.74, 6) is 2.59. The van der Waals surface area contributed by atoms with Crippen molar-refractivity contribution in [1.82, 2.24) is 20.5 Å². The molecule has 0 unspecified atom stereocenters. The number of hydrogen-bond donors (Lipinski definition) is 1. The van der Waals surface area contributed by atoms with Crippen LogP contribution in [0, 0.1) is 19.8 Å². The Balaban J connectivity index is 1.28. The molecule has 0 aromatic carbocycles. The summed E-state index contributed by atoms with van der Waals surface area (Å²) in [4.78, 5) is 18.4. The molecular formula is C20H21N5O2. The Bertz CT molecular complexity index is 931. The summed E-state index contributed by atoms with van der Waals surface area (Å²) in [7, 11) is 0. The molecule has 27 heavy (non-hydrogen) atoms. The molecule has 1 aliphatic heterocycles. The monoisotopic (exact) mass is 363 g/mol. The zero-order chi connectivity index (χ0) is 18.8. The van der Waals surface area contributed by atoms with Crippen molar-refractivity contribution in [2.45, 2.75) is 13.8 Å². The van der Waals surface area contributed by atoms with Crippen LogP contribution in [0.4, 0.5) is 5.82 Å². The molecule has 0 aliphatic carbocycles. The fourth-order valence-electron chi connectivity index (χ4n) is 3.25. The van der Waals surface area contributed by atoms with E-state index in [4.69, 9.17) is 4.42 Å². The third kappa shape index (κ3) is 3.67. The second-order valence-electron chi connectivity index (χ2n) is 6.82. The summed E-state index contributed by atoms with van der Waals surface area (Å²) in [6.07, 6.45) is 3.48. The lowest BCUT2D eigenvalue weighted by molar-refractivity contribution is 0.0943. The predicted octanol–water partition coefficient (Wildman–Crippen LogP) is 2.61. The van der Waals surface area contributed by atoms with Gasteiger partial charge in [0, 0.05) is 43.5 Å². The van der Waals surface area contributed by atoms with Gasteiger partial charge in [0.1, 0.15) is 11.5 Å². The van der Waals surface area contributed by atoms with Crippen molar-refractivity contribution in [1.29, 1.82) is 0 Å². The maximum Gasteiger partial charge on any atom is 0.254 e. The maximum atomic E-state index is 12.2. The normalized spacial score (nSPS) is 14.1. The summed E-state index contributed by atoms with van der Waals surface area (Å²) < 4.78 is 5.41. The number of aryl methyl sites for hydroxylation is 2. The Morgan fingerprint density at radius 3 is 2.59 bits per heavy atom. The number of carbonyl (C=O) groups is 1.